The van der Waals surface area contributed by atoms with Crippen molar-refractivity contribution >= 4 is 11.8 Å². The summed E-state index contributed by atoms with van der Waals surface area (Å²) in [6.45, 7) is 3.67. The summed E-state index contributed by atoms with van der Waals surface area (Å²) in [5.41, 5.74) is -0.494. The lowest BCUT2D eigenvalue weighted by atomic mass is 9.83. The predicted molar refractivity (Wildman–Crippen MR) is 49.1 cm³/mol. The van der Waals surface area contributed by atoms with E-state index in [0.29, 0.717) is 6.42 Å². The van der Waals surface area contributed by atoms with Gasteiger partial charge in [0.05, 0.1) is 0 Å². The fourth-order valence-corrected chi connectivity index (χ4v) is 0.944. The lowest BCUT2D eigenvalue weighted by Gasteiger charge is -2.19. The van der Waals surface area contributed by atoms with Crippen molar-refractivity contribution in [1.29, 1.82) is 0 Å². The van der Waals surface area contributed by atoms with E-state index in [1.807, 2.05) is 6.92 Å². The van der Waals surface area contributed by atoms with E-state index >= 15 is 0 Å². The number of hydrogen-bond donors (Lipinski definition) is 1. The van der Waals surface area contributed by atoms with Gasteiger partial charge in [0.15, 0.2) is 0 Å². The van der Waals surface area contributed by atoms with Crippen LogP contribution in [0.3, 0.4) is 0 Å². The molecule has 0 radical (unpaired) electrons. The van der Waals surface area contributed by atoms with Crippen molar-refractivity contribution in [3.8, 4) is 12.3 Å². The number of carbonyl (C=O) groups is 2. The second kappa shape index (κ2) is 4.66. The lowest BCUT2D eigenvalue weighted by Crippen LogP contribution is -2.19. The highest BCUT2D eigenvalue weighted by atomic mass is 16.4. The van der Waals surface area contributed by atoms with Crippen LogP contribution < -0.4 is 0 Å². The Morgan fingerprint density at radius 2 is 2.08 bits per heavy atom. The maximum Gasteiger partial charge on any atom is 0.310 e. The van der Waals surface area contributed by atoms with Crippen LogP contribution in [0.15, 0.2) is 0 Å². The highest BCUT2D eigenvalue weighted by molar-refractivity contribution is 5.95. The third-order valence-corrected chi connectivity index (χ3v) is 2.06. The molecular weight excluding hydrogens is 168 g/mol. The van der Waals surface area contributed by atoms with Gasteiger partial charge in [-0.05, 0) is 13.3 Å². The molecule has 3 nitrogen and oxygen atoms in total. The molecule has 1 unspecified atom stereocenters. The van der Waals surface area contributed by atoms with Crippen molar-refractivity contribution in [2.45, 2.75) is 33.1 Å². The predicted octanol–water partition coefficient (Wildman–Crippen LogP) is 1.47. The minimum Gasteiger partial charge on any atom is -0.481 e. The Balaban J connectivity index is 4.20. The van der Waals surface area contributed by atoms with E-state index in [1.165, 1.54) is 0 Å². The van der Waals surface area contributed by atoms with Crippen LogP contribution in [0, 0.1) is 17.8 Å². The third-order valence-electron chi connectivity index (χ3n) is 2.06. The quantitative estimate of drug-likeness (QED) is 0.517. The van der Waals surface area contributed by atoms with Crippen LogP contribution >= 0.6 is 0 Å². The maximum absolute atomic E-state index is 11.1. The average molecular weight is 182 g/mol. The average Bonchev–Trinajstić information content (AvgIpc) is 2.02. The molecule has 0 spiro atoms. The van der Waals surface area contributed by atoms with E-state index in [1.54, 1.807) is 6.92 Å². The molecule has 0 aliphatic rings. The highest BCUT2D eigenvalue weighted by Gasteiger charge is 2.23. The third kappa shape index (κ3) is 4.32. The molecule has 1 atom stereocenters. The Morgan fingerprint density at radius 3 is 2.38 bits per heavy atom. The molecule has 13 heavy (non-hydrogen) atoms. The highest BCUT2D eigenvalue weighted by Crippen LogP contribution is 2.25. The van der Waals surface area contributed by atoms with E-state index in [0.717, 1.165) is 0 Å². The van der Waals surface area contributed by atoms with Gasteiger partial charge >= 0.3 is 5.97 Å². The summed E-state index contributed by atoms with van der Waals surface area (Å²) in [4.78, 5) is 21.3. The van der Waals surface area contributed by atoms with Crippen LogP contribution in [-0.2, 0) is 9.59 Å². The minimum atomic E-state index is -1.10. The van der Waals surface area contributed by atoms with Gasteiger partial charge in [-0.3, -0.25) is 9.59 Å². The van der Waals surface area contributed by atoms with Crippen LogP contribution in [0.25, 0.3) is 0 Å². The van der Waals surface area contributed by atoms with E-state index in [-0.39, 0.29) is 12.2 Å². The second-order valence-electron chi connectivity index (χ2n) is 3.34. The van der Waals surface area contributed by atoms with Crippen molar-refractivity contribution in [2.75, 3.05) is 0 Å². The first-order valence-electron chi connectivity index (χ1n) is 4.15. The summed E-state index contributed by atoms with van der Waals surface area (Å²) in [5.74, 6) is 1.11. The van der Waals surface area contributed by atoms with Gasteiger partial charge in [0, 0.05) is 11.8 Å². The first-order chi connectivity index (χ1) is 5.93. The molecule has 0 bridgehead atoms. The number of carbonyl (C=O) groups excluding carboxylic acids is 1. The number of carboxylic acid groups (broad SMARTS) is 1. The zero-order valence-electron chi connectivity index (χ0n) is 7.96. The van der Waals surface area contributed by atoms with E-state index in [4.69, 9.17) is 11.5 Å². The topological polar surface area (TPSA) is 54.4 Å². The molecular formula is C10H14O3. The number of Topliss-reactive ketones (excluding diaryl/α,β-unsaturated/α-hetero) is 1. The van der Waals surface area contributed by atoms with E-state index in [9.17, 15) is 9.59 Å². The molecule has 0 aliphatic carbocycles. The molecule has 3 heteroatoms. The van der Waals surface area contributed by atoms with Crippen LogP contribution in [-0.4, -0.2) is 16.9 Å². The summed E-state index contributed by atoms with van der Waals surface area (Å²) >= 11 is 0. The van der Waals surface area contributed by atoms with E-state index < -0.39 is 17.8 Å². The molecule has 0 aromatic carbocycles. The molecule has 0 amide bonds. The molecule has 1 N–H and O–H groups in total. The summed E-state index contributed by atoms with van der Waals surface area (Å²) in [6, 6.07) is 0. The molecule has 0 aromatic rings. The van der Waals surface area contributed by atoms with Gasteiger partial charge < -0.3 is 5.11 Å². The molecule has 0 aliphatic heterocycles. The van der Waals surface area contributed by atoms with Crippen molar-refractivity contribution in [1.82, 2.24) is 0 Å². The van der Waals surface area contributed by atoms with Gasteiger partial charge in [-0.2, -0.15) is 0 Å². The molecule has 0 rings (SSSR count). The summed E-state index contributed by atoms with van der Waals surface area (Å²) in [7, 11) is 0. The van der Waals surface area contributed by atoms with Gasteiger partial charge in [0.25, 0.3) is 0 Å². The molecule has 0 aromatic heterocycles. The van der Waals surface area contributed by atoms with Crippen molar-refractivity contribution in [3.05, 3.63) is 0 Å². The van der Waals surface area contributed by atoms with Gasteiger partial charge in [-0.1, -0.05) is 12.8 Å². The minimum absolute atomic E-state index is 0.145. The molecule has 0 fully saturated rings. The first-order valence-corrected chi connectivity index (χ1v) is 4.15. The Bertz CT molecular complexity index is 249. The summed E-state index contributed by atoms with van der Waals surface area (Å²) in [5, 5.41) is 8.35. The molecule has 72 valence electrons. The van der Waals surface area contributed by atoms with Gasteiger partial charge in [-0.15, -0.1) is 6.42 Å². The van der Waals surface area contributed by atoms with Gasteiger partial charge in [0.1, 0.15) is 12.2 Å². The molecule has 0 saturated heterocycles. The summed E-state index contributed by atoms with van der Waals surface area (Å²) < 4.78 is 0. The van der Waals surface area contributed by atoms with Crippen LogP contribution in [0.1, 0.15) is 33.1 Å². The zero-order valence-corrected chi connectivity index (χ0v) is 7.96. The Labute approximate surface area is 78.1 Å². The number of terminal acetylenes is 1. The number of aliphatic carboxylic acids is 1. The number of carboxylic acids is 1. The van der Waals surface area contributed by atoms with Crippen LogP contribution in [0.4, 0.5) is 0 Å². The lowest BCUT2D eigenvalue weighted by molar-refractivity contribution is -0.140. The van der Waals surface area contributed by atoms with Crippen molar-refractivity contribution in [3.63, 3.8) is 0 Å². The normalized spacial score (nSPS) is 14.2. The fourth-order valence-electron chi connectivity index (χ4n) is 0.944. The van der Waals surface area contributed by atoms with Crippen LogP contribution in [0.2, 0.25) is 0 Å². The van der Waals surface area contributed by atoms with Gasteiger partial charge in [0.2, 0.25) is 0 Å². The largest absolute Gasteiger partial charge is 0.481 e. The second-order valence-corrected chi connectivity index (χ2v) is 3.34. The van der Waals surface area contributed by atoms with Crippen LogP contribution in [0.5, 0.6) is 0 Å². The first kappa shape index (κ1) is 11.7. The Hall–Kier alpha value is -1.30. The number of ketones is 1. The zero-order chi connectivity index (χ0) is 10.5. The standard InChI is InChI=1S/C10H14O3/c1-4-10(3,5-2)7-8(11)6-9(12)13/h1H,5-7H2,2-3H3,(H,12,13). The smallest absolute Gasteiger partial charge is 0.310 e. The fraction of sp³-hybridized carbons (Fsp3) is 0.600. The van der Waals surface area contributed by atoms with Gasteiger partial charge in [-0.25, -0.2) is 0 Å². The Kier molecular flexibility index (Phi) is 4.19. The maximum atomic E-state index is 11.1. The Morgan fingerprint density at radius 1 is 1.54 bits per heavy atom. The monoisotopic (exact) mass is 182 g/mol. The van der Waals surface area contributed by atoms with Crippen molar-refractivity contribution < 1.29 is 14.7 Å². The number of hydrogen-bond acceptors (Lipinski definition) is 2. The SMILES string of the molecule is C#CC(C)(CC)CC(=O)CC(=O)O. The summed E-state index contributed by atoms with van der Waals surface area (Å²) in [6.07, 6.45) is 5.63. The number of rotatable bonds is 5. The molecule has 0 saturated carbocycles. The van der Waals surface area contributed by atoms with Crippen molar-refractivity contribution in [2.24, 2.45) is 5.41 Å². The molecule has 0 heterocycles. The van der Waals surface area contributed by atoms with E-state index in [2.05, 4.69) is 5.92 Å².